The number of nitrogens with zero attached hydrogens (tertiary/aromatic N) is 1. The minimum Gasteiger partial charge on any atom is -0.347 e. The number of nitrogens with one attached hydrogen (secondary N) is 1. The molecule has 0 saturated heterocycles. The van der Waals surface area contributed by atoms with E-state index in [0.717, 1.165) is 16.6 Å². The molecule has 128 valence electrons. The SMILES string of the molecule is CCn1cc(C(=O)Nc2cc(C)ccc2C)c(=O)c2cc(Cl)ccc21. The number of pyridine rings is 1. The zero-order valence-electron chi connectivity index (χ0n) is 14.4. The summed E-state index contributed by atoms with van der Waals surface area (Å²) in [5, 5.41) is 3.77. The van der Waals surface area contributed by atoms with E-state index in [-0.39, 0.29) is 11.0 Å². The van der Waals surface area contributed by atoms with Gasteiger partial charge in [-0.05, 0) is 56.2 Å². The van der Waals surface area contributed by atoms with Crippen LogP contribution in [0.15, 0.2) is 47.4 Å². The van der Waals surface area contributed by atoms with Crippen molar-refractivity contribution in [3.05, 3.63) is 74.5 Å². The quantitative estimate of drug-likeness (QED) is 0.750. The van der Waals surface area contributed by atoms with Crippen molar-refractivity contribution < 1.29 is 4.79 Å². The number of benzene rings is 2. The molecule has 1 N–H and O–H groups in total. The minimum absolute atomic E-state index is 0.109. The summed E-state index contributed by atoms with van der Waals surface area (Å²) in [6.07, 6.45) is 1.61. The average molecular weight is 355 g/mol. The molecule has 0 saturated carbocycles. The molecule has 0 spiro atoms. The monoisotopic (exact) mass is 354 g/mol. The van der Waals surface area contributed by atoms with Crippen LogP contribution in [0.1, 0.15) is 28.4 Å². The fraction of sp³-hybridized carbons (Fsp3) is 0.200. The Morgan fingerprint density at radius 1 is 1.16 bits per heavy atom. The Morgan fingerprint density at radius 2 is 1.92 bits per heavy atom. The van der Waals surface area contributed by atoms with Gasteiger partial charge in [0.1, 0.15) is 5.56 Å². The van der Waals surface area contributed by atoms with Gasteiger partial charge in [0.2, 0.25) is 5.43 Å². The first kappa shape index (κ1) is 17.2. The molecule has 25 heavy (non-hydrogen) atoms. The van der Waals surface area contributed by atoms with Gasteiger partial charge >= 0.3 is 0 Å². The van der Waals surface area contributed by atoms with Gasteiger partial charge < -0.3 is 9.88 Å². The van der Waals surface area contributed by atoms with E-state index in [4.69, 9.17) is 11.6 Å². The summed E-state index contributed by atoms with van der Waals surface area (Å²) in [5.41, 5.74) is 3.25. The number of amides is 1. The highest BCUT2D eigenvalue weighted by Crippen LogP contribution is 2.20. The first-order chi connectivity index (χ1) is 11.9. The number of fused-ring (bicyclic) bond motifs is 1. The number of rotatable bonds is 3. The predicted molar refractivity (Wildman–Crippen MR) is 103 cm³/mol. The van der Waals surface area contributed by atoms with Gasteiger partial charge in [-0.1, -0.05) is 23.7 Å². The molecule has 0 aliphatic carbocycles. The lowest BCUT2D eigenvalue weighted by Crippen LogP contribution is -2.24. The Labute approximate surface area is 151 Å². The fourth-order valence-electron chi connectivity index (χ4n) is 2.85. The van der Waals surface area contributed by atoms with Crippen molar-refractivity contribution in [2.24, 2.45) is 0 Å². The Kier molecular flexibility index (Phi) is 4.64. The summed E-state index contributed by atoms with van der Waals surface area (Å²) >= 11 is 6.04. The van der Waals surface area contributed by atoms with Crippen LogP contribution in [-0.4, -0.2) is 10.5 Å². The molecule has 3 rings (SSSR count). The Morgan fingerprint density at radius 3 is 2.64 bits per heavy atom. The topological polar surface area (TPSA) is 51.1 Å². The standard InChI is InChI=1S/C20H19ClN2O2/c1-4-23-11-16(19(24)15-10-14(21)7-8-18(15)23)20(25)22-17-9-12(2)5-6-13(17)3/h5-11H,4H2,1-3H3,(H,22,25). The molecule has 4 nitrogen and oxygen atoms in total. The number of halogens is 1. The van der Waals surface area contributed by atoms with E-state index in [9.17, 15) is 9.59 Å². The Hall–Kier alpha value is -2.59. The van der Waals surface area contributed by atoms with Gasteiger partial charge in [-0.15, -0.1) is 0 Å². The molecule has 0 aliphatic rings. The van der Waals surface area contributed by atoms with Gasteiger partial charge in [-0.2, -0.15) is 0 Å². The molecule has 0 atom stereocenters. The predicted octanol–water partition coefficient (Wildman–Crippen LogP) is 4.54. The number of aromatic nitrogens is 1. The van der Waals surface area contributed by atoms with E-state index in [0.29, 0.717) is 22.6 Å². The van der Waals surface area contributed by atoms with E-state index in [2.05, 4.69) is 5.32 Å². The number of hydrogen-bond acceptors (Lipinski definition) is 2. The molecular formula is C20H19ClN2O2. The summed E-state index contributed by atoms with van der Waals surface area (Å²) < 4.78 is 1.88. The molecule has 2 aromatic carbocycles. The highest BCUT2D eigenvalue weighted by molar-refractivity contribution is 6.31. The summed E-state index contributed by atoms with van der Waals surface area (Å²) in [4.78, 5) is 25.5. The third kappa shape index (κ3) is 3.30. The van der Waals surface area contributed by atoms with Crippen molar-refractivity contribution in [2.45, 2.75) is 27.3 Å². The first-order valence-corrected chi connectivity index (χ1v) is 8.50. The largest absolute Gasteiger partial charge is 0.347 e. The summed E-state index contributed by atoms with van der Waals surface area (Å²) in [7, 11) is 0. The van der Waals surface area contributed by atoms with Crippen molar-refractivity contribution in [1.29, 1.82) is 0 Å². The highest BCUT2D eigenvalue weighted by Gasteiger charge is 2.16. The molecule has 5 heteroatoms. The second-order valence-electron chi connectivity index (χ2n) is 6.09. The Balaban J connectivity index is 2.11. The Bertz CT molecular complexity index is 1040. The van der Waals surface area contributed by atoms with Crippen molar-refractivity contribution in [3.8, 4) is 0 Å². The van der Waals surface area contributed by atoms with Crippen LogP contribution < -0.4 is 10.7 Å². The average Bonchev–Trinajstić information content (AvgIpc) is 2.58. The lowest BCUT2D eigenvalue weighted by molar-refractivity contribution is 0.102. The smallest absolute Gasteiger partial charge is 0.261 e. The number of hydrogen-bond donors (Lipinski definition) is 1. The highest BCUT2D eigenvalue weighted by atomic mass is 35.5. The van der Waals surface area contributed by atoms with Crippen molar-refractivity contribution >= 4 is 34.1 Å². The van der Waals surface area contributed by atoms with Crippen LogP contribution in [0.25, 0.3) is 10.9 Å². The molecule has 0 aliphatic heterocycles. The molecule has 0 fully saturated rings. The van der Waals surface area contributed by atoms with Crippen LogP contribution in [-0.2, 0) is 6.54 Å². The van der Waals surface area contributed by atoms with Gasteiger partial charge in [0.05, 0.1) is 5.52 Å². The van der Waals surface area contributed by atoms with Crippen molar-refractivity contribution in [2.75, 3.05) is 5.32 Å². The van der Waals surface area contributed by atoms with Crippen LogP contribution in [0.3, 0.4) is 0 Å². The van der Waals surface area contributed by atoms with E-state index in [1.165, 1.54) is 0 Å². The van der Waals surface area contributed by atoms with Gasteiger partial charge in [0, 0.05) is 28.8 Å². The first-order valence-electron chi connectivity index (χ1n) is 8.12. The lowest BCUT2D eigenvalue weighted by Gasteiger charge is -2.13. The van der Waals surface area contributed by atoms with E-state index < -0.39 is 5.91 Å². The zero-order chi connectivity index (χ0) is 18.1. The van der Waals surface area contributed by atoms with Crippen LogP contribution in [0.5, 0.6) is 0 Å². The number of carbonyl (C=O) groups excluding carboxylic acids is 1. The number of carbonyl (C=O) groups is 1. The van der Waals surface area contributed by atoms with Crippen LogP contribution in [0.2, 0.25) is 5.02 Å². The van der Waals surface area contributed by atoms with Crippen molar-refractivity contribution in [3.63, 3.8) is 0 Å². The maximum absolute atomic E-state index is 12.8. The van der Waals surface area contributed by atoms with Crippen LogP contribution >= 0.6 is 11.6 Å². The van der Waals surface area contributed by atoms with Gasteiger partial charge in [-0.25, -0.2) is 0 Å². The second-order valence-corrected chi connectivity index (χ2v) is 6.53. The van der Waals surface area contributed by atoms with Gasteiger partial charge in [0.25, 0.3) is 5.91 Å². The van der Waals surface area contributed by atoms with E-state index >= 15 is 0 Å². The van der Waals surface area contributed by atoms with Gasteiger partial charge in [-0.3, -0.25) is 9.59 Å². The van der Waals surface area contributed by atoms with Crippen molar-refractivity contribution in [1.82, 2.24) is 4.57 Å². The molecule has 0 unspecified atom stereocenters. The van der Waals surface area contributed by atoms with Crippen LogP contribution in [0.4, 0.5) is 5.69 Å². The van der Waals surface area contributed by atoms with Gasteiger partial charge in [0.15, 0.2) is 0 Å². The molecule has 1 heterocycles. The molecular weight excluding hydrogens is 336 g/mol. The minimum atomic E-state index is -0.414. The maximum Gasteiger partial charge on any atom is 0.261 e. The number of aryl methyl sites for hydroxylation is 3. The summed E-state index contributed by atoms with van der Waals surface area (Å²) in [6.45, 7) is 6.48. The van der Waals surface area contributed by atoms with Crippen LogP contribution in [0, 0.1) is 13.8 Å². The third-order valence-electron chi connectivity index (χ3n) is 4.27. The summed E-state index contributed by atoms with van der Waals surface area (Å²) in [5.74, 6) is -0.414. The normalized spacial score (nSPS) is 10.9. The molecule has 1 aromatic heterocycles. The maximum atomic E-state index is 12.8. The zero-order valence-corrected chi connectivity index (χ0v) is 15.1. The fourth-order valence-corrected chi connectivity index (χ4v) is 3.03. The van der Waals surface area contributed by atoms with E-state index in [1.807, 2.05) is 43.5 Å². The molecule has 0 bridgehead atoms. The summed E-state index contributed by atoms with van der Waals surface area (Å²) in [6, 6.07) is 11.0. The molecule has 0 radical (unpaired) electrons. The lowest BCUT2D eigenvalue weighted by atomic mass is 10.1. The third-order valence-corrected chi connectivity index (χ3v) is 4.50. The molecule has 3 aromatic rings. The molecule has 1 amide bonds. The second kappa shape index (κ2) is 6.73. The number of anilines is 1. The van der Waals surface area contributed by atoms with E-state index in [1.54, 1.807) is 24.4 Å².